The zero-order chi connectivity index (χ0) is 29.3. The molecule has 214 valence electrons. The number of hydrogen-bond donors (Lipinski definition) is 1. The van der Waals surface area contributed by atoms with Gasteiger partial charge in [-0.25, -0.2) is 9.59 Å². The summed E-state index contributed by atoms with van der Waals surface area (Å²) in [7, 11) is 1.69. The molecule has 0 spiro atoms. The molecule has 2 aromatic carbocycles. The van der Waals surface area contributed by atoms with Crippen molar-refractivity contribution in [1.82, 2.24) is 24.3 Å². The fourth-order valence-corrected chi connectivity index (χ4v) is 5.19. The highest BCUT2D eigenvalue weighted by Gasteiger charge is 2.31. The van der Waals surface area contributed by atoms with Crippen LogP contribution in [0.3, 0.4) is 0 Å². The molecule has 1 N–H and O–H groups in total. The van der Waals surface area contributed by atoms with Crippen molar-refractivity contribution in [2.24, 2.45) is 7.05 Å². The highest BCUT2D eigenvalue weighted by molar-refractivity contribution is 6.00. The number of carbonyl (C=O) groups excluding carboxylic acids is 3. The summed E-state index contributed by atoms with van der Waals surface area (Å²) in [6.07, 6.45) is 0.240. The molecule has 2 aliphatic heterocycles. The molecule has 0 radical (unpaired) electrons. The molecule has 1 unspecified atom stereocenters. The lowest BCUT2D eigenvalue weighted by Crippen LogP contribution is -2.50. The average molecular weight is 558 g/mol. The maximum Gasteiger partial charge on any atom is 0.410 e. The van der Waals surface area contributed by atoms with E-state index in [1.165, 1.54) is 9.13 Å². The van der Waals surface area contributed by atoms with Gasteiger partial charge in [0.1, 0.15) is 11.6 Å². The highest BCUT2D eigenvalue weighted by Crippen LogP contribution is 2.27. The number of hydrogen-bond acceptors (Lipinski definition) is 6. The second kappa shape index (κ2) is 11.3. The van der Waals surface area contributed by atoms with Gasteiger partial charge in [0, 0.05) is 45.2 Å². The lowest BCUT2D eigenvalue weighted by atomic mass is 10.0. The second-order valence-electron chi connectivity index (χ2n) is 11.5. The van der Waals surface area contributed by atoms with Crippen LogP contribution in [0.1, 0.15) is 45.2 Å². The van der Waals surface area contributed by atoms with Crippen LogP contribution in [0.2, 0.25) is 0 Å². The summed E-state index contributed by atoms with van der Waals surface area (Å²) in [5.41, 5.74) is 3.41. The molecule has 0 bridgehead atoms. The molecular weight excluding hydrogens is 522 g/mol. The van der Waals surface area contributed by atoms with E-state index in [0.29, 0.717) is 37.1 Å². The molecular formula is C31H35N5O5. The van der Waals surface area contributed by atoms with Crippen LogP contribution in [0.5, 0.6) is 0 Å². The maximum atomic E-state index is 13.0. The number of piperidine rings is 1. The Kier molecular flexibility index (Phi) is 7.74. The summed E-state index contributed by atoms with van der Waals surface area (Å²) >= 11 is 0. The topological polar surface area (TPSA) is 106 Å². The highest BCUT2D eigenvalue weighted by atomic mass is 16.6. The number of benzene rings is 2. The van der Waals surface area contributed by atoms with Crippen LogP contribution in [-0.4, -0.2) is 75.2 Å². The normalized spacial score (nSPS) is 18.1. The van der Waals surface area contributed by atoms with Crippen LogP contribution >= 0.6 is 0 Å². The number of ether oxygens (including phenoxy) is 1. The standard InChI is InChI=1S/C31H35N5O5/c1-31(2,3)41-30(40)35-18-16-34(17-19-35)15-5-6-21-7-9-22(10-8-21)23-11-12-24-26(20-23)33(4)29(39)36(24)25-13-14-27(37)32-28(25)38/h7-12,20,25H,13-19H2,1-4H3,(H,32,37,38). The van der Waals surface area contributed by atoms with Gasteiger partial charge < -0.3 is 9.64 Å². The lowest BCUT2D eigenvalue weighted by Gasteiger charge is -2.34. The Morgan fingerprint density at radius 2 is 1.66 bits per heavy atom. The predicted octanol–water partition coefficient (Wildman–Crippen LogP) is 2.89. The van der Waals surface area contributed by atoms with Gasteiger partial charge in [-0.1, -0.05) is 30.0 Å². The fourth-order valence-electron chi connectivity index (χ4n) is 5.19. The largest absolute Gasteiger partial charge is 0.444 e. The van der Waals surface area contributed by atoms with Crippen LogP contribution in [0, 0.1) is 11.8 Å². The van der Waals surface area contributed by atoms with E-state index in [-0.39, 0.29) is 24.1 Å². The summed E-state index contributed by atoms with van der Waals surface area (Å²) in [5.74, 6) is 5.70. The quantitative estimate of drug-likeness (QED) is 0.392. The van der Waals surface area contributed by atoms with Gasteiger partial charge in [-0.05, 0) is 62.6 Å². The predicted molar refractivity (Wildman–Crippen MR) is 155 cm³/mol. The molecule has 10 heteroatoms. The van der Waals surface area contributed by atoms with Gasteiger partial charge in [-0.3, -0.25) is 28.9 Å². The van der Waals surface area contributed by atoms with E-state index in [4.69, 9.17) is 4.74 Å². The average Bonchev–Trinajstić information content (AvgIpc) is 3.17. The zero-order valence-electron chi connectivity index (χ0n) is 23.9. The minimum absolute atomic E-state index is 0.206. The van der Waals surface area contributed by atoms with Crippen LogP contribution < -0.4 is 11.0 Å². The summed E-state index contributed by atoms with van der Waals surface area (Å²) in [6.45, 7) is 8.99. The molecule has 3 heterocycles. The minimum atomic E-state index is -0.707. The monoisotopic (exact) mass is 557 g/mol. The number of amides is 3. The molecule has 3 amide bonds. The van der Waals surface area contributed by atoms with Gasteiger partial charge in [-0.15, -0.1) is 0 Å². The minimum Gasteiger partial charge on any atom is -0.444 e. The Morgan fingerprint density at radius 1 is 0.976 bits per heavy atom. The first-order chi connectivity index (χ1) is 19.5. The number of fused-ring (bicyclic) bond motifs is 1. The summed E-state index contributed by atoms with van der Waals surface area (Å²) in [4.78, 5) is 53.3. The third kappa shape index (κ3) is 6.20. The third-order valence-corrected chi connectivity index (χ3v) is 7.39. The van der Waals surface area contributed by atoms with Crippen LogP contribution in [0.25, 0.3) is 22.2 Å². The van der Waals surface area contributed by atoms with E-state index in [0.717, 1.165) is 29.8 Å². The molecule has 2 fully saturated rings. The number of aryl methyl sites for hydroxylation is 1. The Balaban J connectivity index is 1.23. The number of rotatable bonds is 3. The van der Waals surface area contributed by atoms with Crippen molar-refractivity contribution in [2.75, 3.05) is 32.7 Å². The van der Waals surface area contributed by atoms with Gasteiger partial charge in [0.25, 0.3) is 0 Å². The van der Waals surface area contributed by atoms with E-state index in [2.05, 4.69) is 22.1 Å². The van der Waals surface area contributed by atoms with Gasteiger partial charge in [-0.2, -0.15) is 0 Å². The van der Waals surface area contributed by atoms with Crippen molar-refractivity contribution in [2.45, 2.75) is 45.3 Å². The number of nitrogens with one attached hydrogen (secondary N) is 1. The number of carbonyl (C=O) groups is 3. The van der Waals surface area contributed by atoms with Gasteiger partial charge in [0.15, 0.2) is 0 Å². The zero-order valence-corrected chi connectivity index (χ0v) is 23.9. The molecule has 3 aromatic rings. The Bertz CT molecular complexity index is 1610. The van der Waals surface area contributed by atoms with Crippen molar-refractivity contribution in [3.8, 4) is 23.0 Å². The molecule has 1 aromatic heterocycles. The van der Waals surface area contributed by atoms with Crippen molar-refractivity contribution in [3.05, 3.63) is 58.5 Å². The molecule has 10 nitrogen and oxygen atoms in total. The summed E-state index contributed by atoms with van der Waals surface area (Å²) in [6, 6.07) is 13.0. The van der Waals surface area contributed by atoms with E-state index in [9.17, 15) is 19.2 Å². The number of piperazine rings is 1. The lowest BCUT2D eigenvalue weighted by molar-refractivity contribution is -0.135. The van der Waals surface area contributed by atoms with Gasteiger partial charge in [0.2, 0.25) is 11.8 Å². The second-order valence-corrected chi connectivity index (χ2v) is 11.5. The fraction of sp³-hybridized carbons (Fsp3) is 0.419. The molecule has 5 rings (SSSR count). The van der Waals surface area contributed by atoms with Crippen LogP contribution in [-0.2, 0) is 21.4 Å². The van der Waals surface area contributed by atoms with Crippen molar-refractivity contribution >= 4 is 28.9 Å². The Morgan fingerprint density at radius 3 is 2.32 bits per heavy atom. The number of imide groups is 1. The van der Waals surface area contributed by atoms with Crippen LogP contribution in [0.4, 0.5) is 4.79 Å². The van der Waals surface area contributed by atoms with E-state index >= 15 is 0 Å². The van der Waals surface area contributed by atoms with E-state index in [1.807, 2.05) is 63.2 Å². The van der Waals surface area contributed by atoms with Crippen LogP contribution in [0.15, 0.2) is 47.3 Å². The molecule has 41 heavy (non-hydrogen) atoms. The molecule has 0 saturated carbocycles. The summed E-state index contributed by atoms with van der Waals surface area (Å²) in [5, 5.41) is 2.34. The van der Waals surface area contributed by atoms with Crippen molar-refractivity contribution in [3.63, 3.8) is 0 Å². The summed E-state index contributed by atoms with van der Waals surface area (Å²) < 4.78 is 8.48. The molecule has 2 aliphatic rings. The number of nitrogens with zero attached hydrogens (tertiary/aromatic N) is 4. The molecule has 2 saturated heterocycles. The smallest absolute Gasteiger partial charge is 0.410 e. The van der Waals surface area contributed by atoms with Crippen molar-refractivity contribution < 1.29 is 19.1 Å². The number of aromatic nitrogens is 2. The first kappa shape index (κ1) is 28.2. The molecule has 0 aliphatic carbocycles. The molecule has 1 atom stereocenters. The maximum absolute atomic E-state index is 13.0. The third-order valence-electron chi connectivity index (χ3n) is 7.39. The first-order valence-corrected chi connectivity index (χ1v) is 13.8. The van der Waals surface area contributed by atoms with E-state index < -0.39 is 17.6 Å². The van der Waals surface area contributed by atoms with E-state index in [1.54, 1.807) is 11.9 Å². The Labute approximate surface area is 238 Å². The Hall–Kier alpha value is -4.36. The first-order valence-electron chi connectivity index (χ1n) is 13.8. The van der Waals surface area contributed by atoms with Crippen molar-refractivity contribution in [1.29, 1.82) is 0 Å². The number of imidazole rings is 1. The van der Waals surface area contributed by atoms with Gasteiger partial charge in [0.05, 0.1) is 17.6 Å². The van der Waals surface area contributed by atoms with Gasteiger partial charge >= 0.3 is 11.8 Å². The SMILES string of the molecule is Cn1c(=O)n(C2CCC(=O)NC2=O)c2ccc(-c3ccc(C#CCN4CCN(C(=O)OC(C)(C)C)CC4)cc3)cc21.